The van der Waals surface area contributed by atoms with Crippen molar-refractivity contribution in [1.82, 2.24) is 0 Å². The highest BCUT2D eigenvalue weighted by Crippen LogP contribution is 2.31. The summed E-state index contributed by atoms with van der Waals surface area (Å²) in [7, 11) is 0. The SMILES string of the molecule is CC(C)C1CCN(c2ccc(Cl)cc2C(N)=S)C1. The van der Waals surface area contributed by atoms with Crippen molar-refractivity contribution < 1.29 is 0 Å². The molecule has 1 atom stereocenters. The van der Waals surface area contributed by atoms with Gasteiger partial charge in [0.15, 0.2) is 0 Å². The van der Waals surface area contributed by atoms with E-state index in [1.54, 1.807) is 0 Å². The second-order valence-corrected chi connectivity index (χ2v) is 6.14. The summed E-state index contributed by atoms with van der Waals surface area (Å²) in [5.74, 6) is 1.47. The molecule has 98 valence electrons. The molecule has 0 spiro atoms. The number of rotatable bonds is 3. The van der Waals surface area contributed by atoms with Crippen LogP contribution in [-0.2, 0) is 0 Å². The van der Waals surface area contributed by atoms with Crippen LogP contribution >= 0.6 is 23.8 Å². The maximum Gasteiger partial charge on any atom is 0.106 e. The van der Waals surface area contributed by atoms with Crippen LogP contribution < -0.4 is 10.6 Å². The predicted octanol–water partition coefficient (Wildman–Crippen LogP) is 3.46. The lowest BCUT2D eigenvalue weighted by Gasteiger charge is -2.22. The molecule has 1 aliphatic rings. The Balaban J connectivity index is 2.27. The average molecular weight is 283 g/mol. The van der Waals surface area contributed by atoms with Gasteiger partial charge in [-0.2, -0.15) is 0 Å². The largest absolute Gasteiger partial charge is 0.389 e. The van der Waals surface area contributed by atoms with Crippen molar-refractivity contribution in [3.05, 3.63) is 28.8 Å². The Hall–Kier alpha value is -0.800. The van der Waals surface area contributed by atoms with Crippen LogP contribution in [-0.4, -0.2) is 18.1 Å². The topological polar surface area (TPSA) is 29.3 Å². The van der Waals surface area contributed by atoms with Gasteiger partial charge in [0.2, 0.25) is 0 Å². The van der Waals surface area contributed by atoms with Gasteiger partial charge in [0.25, 0.3) is 0 Å². The predicted molar refractivity (Wildman–Crippen MR) is 82.5 cm³/mol. The number of thiocarbonyl (C=S) groups is 1. The van der Waals surface area contributed by atoms with E-state index < -0.39 is 0 Å². The Labute approximate surface area is 119 Å². The van der Waals surface area contributed by atoms with Crippen molar-refractivity contribution in [2.75, 3.05) is 18.0 Å². The van der Waals surface area contributed by atoms with Gasteiger partial charge in [-0.25, -0.2) is 0 Å². The molecule has 1 heterocycles. The Kier molecular flexibility index (Phi) is 4.13. The van der Waals surface area contributed by atoms with Gasteiger partial charge in [0, 0.05) is 29.4 Å². The van der Waals surface area contributed by atoms with Gasteiger partial charge in [-0.05, 0) is 36.5 Å². The summed E-state index contributed by atoms with van der Waals surface area (Å²) < 4.78 is 0. The standard InChI is InChI=1S/C14H19ClN2S/c1-9(2)10-5-6-17(8-10)13-4-3-11(15)7-12(13)14(16)18/h3-4,7,9-10H,5-6,8H2,1-2H3,(H2,16,18). The minimum Gasteiger partial charge on any atom is -0.389 e. The summed E-state index contributed by atoms with van der Waals surface area (Å²) in [4.78, 5) is 2.79. The third-order valence-electron chi connectivity index (χ3n) is 3.73. The fourth-order valence-electron chi connectivity index (χ4n) is 2.53. The molecule has 1 unspecified atom stereocenters. The number of anilines is 1. The Bertz CT molecular complexity index is 459. The van der Waals surface area contributed by atoms with Crippen LogP contribution in [0.3, 0.4) is 0 Å². The van der Waals surface area contributed by atoms with Gasteiger partial charge < -0.3 is 10.6 Å². The fourth-order valence-corrected chi connectivity index (χ4v) is 2.87. The summed E-state index contributed by atoms with van der Waals surface area (Å²) in [5, 5.41) is 0.682. The van der Waals surface area contributed by atoms with E-state index in [-0.39, 0.29) is 0 Å². The molecule has 1 fully saturated rings. The minimum atomic E-state index is 0.417. The lowest BCUT2D eigenvalue weighted by atomic mass is 9.95. The summed E-state index contributed by atoms with van der Waals surface area (Å²) in [5.41, 5.74) is 7.80. The lowest BCUT2D eigenvalue weighted by molar-refractivity contribution is 0.423. The van der Waals surface area contributed by atoms with Gasteiger partial charge in [0.1, 0.15) is 4.99 Å². The third-order valence-corrected chi connectivity index (χ3v) is 4.19. The molecule has 2 N–H and O–H groups in total. The zero-order valence-corrected chi connectivity index (χ0v) is 12.4. The minimum absolute atomic E-state index is 0.417. The highest BCUT2D eigenvalue weighted by Gasteiger charge is 2.26. The maximum absolute atomic E-state index is 6.01. The van der Waals surface area contributed by atoms with E-state index in [0.717, 1.165) is 36.2 Å². The summed E-state index contributed by atoms with van der Waals surface area (Å²) in [6, 6.07) is 5.79. The van der Waals surface area contributed by atoms with Crippen LogP contribution in [0.1, 0.15) is 25.8 Å². The van der Waals surface area contributed by atoms with Gasteiger partial charge in [-0.15, -0.1) is 0 Å². The monoisotopic (exact) mass is 282 g/mol. The van der Waals surface area contributed by atoms with Gasteiger partial charge >= 0.3 is 0 Å². The number of nitrogens with zero attached hydrogens (tertiary/aromatic N) is 1. The zero-order chi connectivity index (χ0) is 13.3. The van der Waals surface area contributed by atoms with E-state index in [4.69, 9.17) is 29.6 Å². The van der Waals surface area contributed by atoms with E-state index in [1.807, 2.05) is 18.2 Å². The van der Waals surface area contributed by atoms with Crippen molar-refractivity contribution >= 4 is 34.5 Å². The van der Waals surface area contributed by atoms with Gasteiger partial charge in [-0.3, -0.25) is 0 Å². The van der Waals surface area contributed by atoms with Crippen LogP contribution in [0, 0.1) is 11.8 Å². The number of benzene rings is 1. The molecule has 1 aliphatic heterocycles. The number of hydrogen-bond acceptors (Lipinski definition) is 2. The first-order valence-electron chi connectivity index (χ1n) is 6.33. The van der Waals surface area contributed by atoms with Crippen LogP contribution in [0.5, 0.6) is 0 Å². The van der Waals surface area contributed by atoms with E-state index >= 15 is 0 Å². The van der Waals surface area contributed by atoms with Crippen molar-refractivity contribution in [2.24, 2.45) is 17.6 Å². The number of nitrogens with two attached hydrogens (primary N) is 1. The van der Waals surface area contributed by atoms with E-state index in [1.165, 1.54) is 6.42 Å². The van der Waals surface area contributed by atoms with E-state index in [9.17, 15) is 0 Å². The fraction of sp³-hybridized carbons (Fsp3) is 0.500. The lowest BCUT2D eigenvalue weighted by Crippen LogP contribution is -2.24. The molecule has 2 nitrogen and oxygen atoms in total. The number of halogens is 1. The maximum atomic E-state index is 6.01. The summed E-state index contributed by atoms with van der Waals surface area (Å²) in [6.07, 6.45) is 1.23. The first-order valence-corrected chi connectivity index (χ1v) is 7.12. The van der Waals surface area contributed by atoms with Crippen LogP contribution in [0.25, 0.3) is 0 Å². The molecule has 0 bridgehead atoms. The van der Waals surface area contributed by atoms with Crippen LogP contribution in [0.2, 0.25) is 5.02 Å². The molecule has 4 heteroatoms. The highest BCUT2D eigenvalue weighted by atomic mass is 35.5. The molecule has 0 aliphatic carbocycles. The van der Waals surface area contributed by atoms with Crippen molar-refractivity contribution in [3.8, 4) is 0 Å². The molecule has 0 aromatic heterocycles. The molecule has 0 saturated carbocycles. The zero-order valence-electron chi connectivity index (χ0n) is 10.8. The highest BCUT2D eigenvalue weighted by molar-refractivity contribution is 7.80. The summed E-state index contributed by atoms with van der Waals surface area (Å²) >= 11 is 11.1. The van der Waals surface area contributed by atoms with Crippen LogP contribution in [0.4, 0.5) is 5.69 Å². The second-order valence-electron chi connectivity index (χ2n) is 5.26. The average Bonchev–Trinajstić information content (AvgIpc) is 2.78. The van der Waals surface area contributed by atoms with Crippen LogP contribution in [0.15, 0.2) is 18.2 Å². The molecule has 1 aromatic rings. The van der Waals surface area contributed by atoms with Gasteiger partial charge in [0.05, 0.1) is 0 Å². The molecule has 18 heavy (non-hydrogen) atoms. The molecular weight excluding hydrogens is 264 g/mol. The van der Waals surface area contributed by atoms with Crippen molar-refractivity contribution in [3.63, 3.8) is 0 Å². The molecule has 1 aromatic carbocycles. The Morgan fingerprint density at radius 2 is 2.22 bits per heavy atom. The first-order chi connectivity index (χ1) is 8.49. The smallest absolute Gasteiger partial charge is 0.106 e. The summed E-state index contributed by atoms with van der Waals surface area (Å²) in [6.45, 7) is 6.71. The quantitative estimate of drug-likeness (QED) is 0.861. The molecule has 0 radical (unpaired) electrons. The van der Waals surface area contributed by atoms with Crippen molar-refractivity contribution in [1.29, 1.82) is 0 Å². The van der Waals surface area contributed by atoms with Gasteiger partial charge in [-0.1, -0.05) is 37.7 Å². The molecule has 0 amide bonds. The molecule has 1 saturated heterocycles. The molecule has 2 rings (SSSR count). The van der Waals surface area contributed by atoms with Crippen molar-refractivity contribution in [2.45, 2.75) is 20.3 Å². The van der Waals surface area contributed by atoms with E-state index in [2.05, 4.69) is 18.7 Å². The molecular formula is C14H19ClN2S. The third kappa shape index (κ3) is 2.78. The number of hydrogen-bond donors (Lipinski definition) is 1. The van der Waals surface area contributed by atoms with E-state index in [0.29, 0.717) is 10.0 Å². The normalized spacial score (nSPS) is 19.6. The first kappa shape index (κ1) is 13.6. The second kappa shape index (κ2) is 5.45. The Morgan fingerprint density at radius 1 is 1.50 bits per heavy atom. The Morgan fingerprint density at radius 3 is 2.78 bits per heavy atom.